The first-order valence-electron chi connectivity index (χ1n) is 10.7. The zero-order valence-corrected chi connectivity index (χ0v) is 19.9. The van der Waals surface area contributed by atoms with Crippen LogP contribution in [0.2, 0.25) is 0 Å². The van der Waals surface area contributed by atoms with E-state index in [1.165, 1.54) is 41.1 Å². The zero-order valence-electron chi connectivity index (χ0n) is 19.1. The third-order valence-electron chi connectivity index (χ3n) is 5.91. The molecule has 172 valence electrons. The van der Waals surface area contributed by atoms with Crippen molar-refractivity contribution in [1.29, 1.82) is 0 Å². The molecule has 0 aromatic heterocycles. The zero-order chi connectivity index (χ0) is 23.5. The van der Waals surface area contributed by atoms with Crippen LogP contribution in [0.1, 0.15) is 42.3 Å². The van der Waals surface area contributed by atoms with E-state index in [0.717, 1.165) is 5.56 Å². The number of amides is 2. The Morgan fingerprint density at radius 2 is 1.62 bits per heavy atom. The van der Waals surface area contributed by atoms with Gasteiger partial charge in [0.25, 0.3) is 0 Å². The van der Waals surface area contributed by atoms with Crippen molar-refractivity contribution >= 4 is 21.8 Å². The fourth-order valence-corrected chi connectivity index (χ4v) is 5.14. The molecule has 2 aromatic carbocycles. The van der Waals surface area contributed by atoms with Gasteiger partial charge in [-0.05, 0) is 31.5 Å². The van der Waals surface area contributed by atoms with Gasteiger partial charge in [-0.2, -0.15) is 4.31 Å². The first-order chi connectivity index (χ1) is 15.0. The molecule has 8 heteroatoms. The number of carbonyl (C=O) groups is 2. The molecule has 0 spiro atoms. The number of nitrogens with one attached hydrogen (secondary N) is 1. The van der Waals surface area contributed by atoms with Gasteiger partial charge in [0.2, 0.25) is 10.0 Å². The monoisotopic (exact) mass is 457 g/mol. The molecule has 0 saturated carbocycles. The van der Waals surface area contributed by atoms with E-state index in [-0.39, 0.29) is 35.2 Å². The van der Waals surface area contributed by atoms with Crippen LogP contribution in [0.25, 0.3) is 0 Å². The molecular formula is C24H31N3O4S. The number of Topliss-reactive ketones (excluding diaryl/α,β-unsaturated/α-hetero) is 1. The van der Waals surface area contributed by atoms with Gasteiger partial charge in [-0.15, -0.1) is 0 Å². The van der Waals surface area contributed by atoms with Gasteiger partial charge in [0.1, 0.15) is 0 Å². The van der Waals surface area contributed by atoms with Crippen molar-refractivity contribution in [2.24, 2.45) is 0 Å². The number of benzene rings is 2. The summed E-state index contributed by atoms with van der Waals surface area (Å²) in [6.07, 6.45) is 0. The van der Waals surface area contributed by atoms with Crippen molar-refractivity contribution in [3.05, 3.63) is 65.2 Å². The van der Waals surface area contributed by atoms with Crippen LogP contribution in [0, 0.1) is 6.92 Å². The van der Waals surface area contributed by atoms with Gasteiger partial charge in [0.15, 0.2) is 5.78 Å². The number of aryl methyl sites for hydroxylation is 1. The molecule has 32 heavy (non-hydrogen) atoms. The van der Waals surface area contributed by atoms with E-state index in [4.69, 9.17) is 0 Å². The summed E-state index contributed by atoms with van der Waals surface area (Å²) in [7, 11) is -3.67. The lowest BCUT2D eigenvalue weighted by atomic mass is 9.84. The minimum atomic E-state index is -3.67. The van der Waals surface area contributed by atoms with Crippen LogP contribution in [0.15, 0.2) is 53.4 Å². The summed E-state index contributed by atoms with van der Waals surface area (Å²) < 4.78 is 27.2. The second-order valence-corrected chi connectivity index (χ2v) is 10.8. The Kier molecular flexibility index (Phi) is 7.05. The Hall–Kier alpha value is -2.71. The molecule has 0 atom stereocenters. The van der Waals surface area contributed by atoms with Gasteiger partial charge >= 0.3 is 6.03 Å². The Balaban J connectivity index is 1.56. The predicted octanol–water partition coefficient (Wildman–Crippen LogP) is 3.19. The summed E-state index contributed by atoms with van der Waals surface area (Å²) in [6, 6.07) is 14.0. The highest BCUT2D eigenvalue weighted by atomic mass is 32.2. The number of rotatable bonds is 6. The molecule has 0 bridgehead atoms. The van der Waals surface area contributed by atoms with Crippen LogP contribution < -0.4 is 5.32 Å². The number of urea groups is 1. The van der Waals surface area contributed by atoms with Crippen molar-refractivity contribution < 1.29 is 18.0 Å². The summed E-state index contributed by atoms with van der Waals surface area (Å²) >= 11 is 0. The number of hydrogen-bond donors (Lipinski definition) is 1. The van der Waals surface area contributed by atoms with Crippen LogP contribution in [0.4, 0.5) is 4.79 Å². The van der Waals surface area contributed by atoms with Gasteiger partial charge in [0.05, 0.1) is 4.90 Å². The van der Waals surface area contributed by atoms with Gasteiger partial charge in [-0.3, -0.25) is 4.79 Å². The van der Waals surface area contributed by atoms with Crippen molar-refractivity contribution in [3.8, 4) is 0 Å². The summed E-state index contributed by atoms with van der Waals surface area (Å²) in [5.41, 5.74) is 2.58. The van der Waals surface area contributed by atoms with Crippen LogP contribution >= 0.6 is 0 Å². The lowest BCUT2D eigenvalue weighted by Gasteiger charge is -2.35. The van der Waals surface area contributed by atoms with Crippen LogP contribution in [0.3, 0.4) is 0 Å². The van der Waals surface area contributed by atoms with Gasteiger partial charge in [-0.1, -0.05) is 55.8 Å². The van der Waals surface area contributed by atoms with E-state index >= 15 is 0 Å². The van der Waals surface area contributed by atoms with Gasteiger partial charge in [0, 0.05) is 43.7 Å². The van der Waals surface area contributed by atoms with E-state index in [9.17, 15) is 18.0 Å². The summed E-state index contributed by atoms with van der Waals surface area (Å²) in [5, 5.41) is 3.00. The number of carbonyl (C=O) groups excluding carboxylic acids is 2. The summed E-state index contributed by atoms with van der Waals surface area (Å²) in [5.74, 6) is -0.112. The topological polar surface area (TPSA) is 86.8 Å². The highest BCUT2D eigenvalue weighted by Gasteiger charge is 2.31. The SMILES string of the molecule is CC(=O)c1ccc(S(=O)(=O)N2CCN(C(=O)NCC(C)(C)c3cccc(C)c3)CC2)cc1. The van der Waals surface area contributed by atoms with E-state index in [0.29, 0.717) is 25.2 Å². The molecule has 1 fully saturated rings. The standard InChI is InChI=1S/C24H31N3O4S/c1-18-6-5-7-21(16-18)24(3,4)17-25-23(29)26-12-14-27(15-13-26)32(30,31)22-10-8-20(9-11-22)19(2)28/h5-11,16H,12-15,17H2,1-4H3,(H,25,29). The number of hydrogen-bond acceptors (Lipinski definition) is 4. The molecule has 2 amide bonds. The fraction of sp³-hybridized carbons (Fsp3) is 0.417. The molecule has 0 unspecified atom stereocenters. The van der Waals surface area contributed by atoms with Gasteiger partial charge in [-0.25, -0.2) is 13.2 Å². The lowest BCUT2D eigenvalue weighted by Crippen LogP contribution is -2.54. The largest absolute Gasteiger partial charge is 0.337 e. The molecule has 1 heterocycles. The average Bonchev–Trinajstić information content (AvgIpc) is 2.77. The Morgan fingerprint density at radius 1 is 1.00 bits per heavy atom. The minimum Gasteiger partial charge on any atom is -0.337 e. The van der Waals surface area contributed by atoms with Crippen molar-refractivity contribution in [2.75, 3.05) is 32.7 Å². The second kappa shape index (κ2) is 9.42. The quantitative estimate of drug-likeness (QED) is 0.675. The lowest BCUT2D eigenvalue weighted by molar-refractivity contribution is 0.101. The molecule has 1 aliphatic heterocycles. The molecule has 7 nitrogen and oxygen atoms in total. The van der Waals surface area contributed by atoms with E-state index < -0.39 is 10.0 Å². The summed E-state index contributed by atoms with van der Waals surface area (Å²) in [4.78, 5) is 25.9. The first kappa shape index (κ1) is 23.9. The Labute approximate surface area is 190 Å². The van der Waals surface area contributed by atoms with E-state index in [2.05, 4.69) is 31.3 Å². The third-order valence-corrected chi connectivity index (χ3v) is 7.82. The van der Waals surface area contributed by atoms with Crippen LogP contribution in [-0.4, -0.2) is 62.2 Å². The normalized spacial score (nSPS) is 15.4. The number of sulfonamides is 1. The molecule has 1 saturated heterocycles. The Morgan fingerprint density at radius 3 is 2.19 bits per heavy atom. The Bertz CT molecular complexity index is 1090. The maximum Gasteiger partial charge on any atom is 0.317 e. The predicted molar refractivity (Wildman–Crippen MR) is 124 cm³/mol. The highest BCUT2D eigenvalue weighted by Crippen LogP contribution is 2.23. The van der Waals surface area contributed by atoms with E-state index in [1.807, 2.05) is 19.1 Å². The molecular weight excluding hydrogens is 426 g/mol. The minimum absolute atomic E-state index is 0.112. The molecule has 1 aliphatic rings. The smallest absolute Gasteiger partial charge is 0.317 e. The first-order valence-corrected chi connectivity index (χ1v) is 12.2. The van der Waals surface area contributed by atoms with Crippen LogP contribution in [-0.2, 0) is 15.4 Å². The van der Waals surface area contributed by atoms with Crippen molar-refractivity contribution in [2.45, 2.75) is 38.0 Å². The third kappa shape index (κ3) is 5.37. The molecule has 0 radical (unpaired) electrons. The molecule has 1 N–H and O–H groups in total. The van der Waals surface area contributed by atoms with Crippen LogP contribution in [0.5, 0.6) is 0 Å². The van der Waals surface area contributed by atoms with Crippen molar-refractivity contribution in [3.63, 3.8) is 0 Å². The fourth-order valence-electron chi connectivity index (χ4n) is 3.72. The maximum atomic E-state index is 12.9. The summed E-state index contributed by atoms with van der Waals surface area (Å²) in [6.45, 7) is 9.24. The number of piperazine rings is 1. The number of ketones is 1. The molecule has 0 aliphatic carbocycles. The van der Waals surface area contributed by atoms with Gasteiger partial charge < -0.3 is 10.2 Å². The molecule has 3 rings (SSSR count). The molecule has 2 aromatic rings. The maximum absolute atomic E-state index is 12.9. The highest BCUT2D eigenvalue weighted by molar-refractivity contribution is 7.89. The van der Waals surface area contributed by atoms with Crippen molar-refractivity contribution in [1.82, 2.24) is 14.5 Å². The van der Waals surface area contributed by atoms with E-state index in [1.54, 1.807) is 4.90 Å². The average molecular weight is 458 g/mol. The number of nitrogens with zero attached hydrogens (tertiary/aromatic N) is 2. The second-order valence-electron chi connectivity index (χ2n) is 8.88.